The molecule has 0 radical (unpaired) electrons. The van der Waals surface area contributed by atoms with Crippen molar-refractivity contribution < 1.29 is 9.90 Å². The molecule has 0 spiro atoms. The average molecular weight is 275 g/mol. The van der Waals surface area contributed by atoms with E-state index in [1.807, 2.05) is 19.1 Å². The van der Waals surface area contributed by atoms with Crippen LogP contribution in [0.4, 0.5) is 0 Å². The van der Waals surface area contributed by atoms with E-state index in [2.05, 4.69) is 15.4 Å². The topological polar surface area (TPSA) is 107 Å². The van der Waals surface area contributed by atoms with Gasteiger partial charge in [0.05, 0.1) is 7.05 Å². The van der Waals surface area contributed by atoms with E-state index >= 15 is 0 Å². The van der Waals surface area contributed by atoms with Crippen LogP contribution in [0.2, 0.25) is 0 Å². The van der Waals surface area contributed by atoms with Crippen LogP contribution in [0.3, 0.4) is 0 Å². The quantitative estimate of drug-likeness (QED) is 0.798. The van der Waals surface area contributed by atoms with Gasteiger partial charge in [0.2, 0.25) is 0 Å². The lowest BCUT2D eigenvalue weighted by Gasteiger charge is -2.27. The van der Waals surface area contributed by atoms with Crippen LogP contribution in [-0.2, 0) is 23.7 Å². The highest BCUT2D eigenvalue weighted by atomic mass is 16.4. The van der Waals surface area contributed by atoms with E-state index in [4.69, 9.17) is 5.73 Å². The average Bonchev–Trinajstić information content (AvgIpc) is 2.82. The van der Waals surface area contributed by atoms with Crippen LogP contribution in [0.15, 0.2) is 24.3 Å². The normalized spacial score (nSPS) is 13.9. The Hall–Kier alpha value is -2.28. The van der Waals surface area contributed by atoms with Crippen molar-refractivity contribution in [3.05, 3.63) is 41.2 Å². The molecule has 3 N–H and O–H groups in total. The lowest BCUT2D eigenvalue weighted by Crippen LogP contribution is -2.45. The van der Waals surface area contributed by atoms with Gasteiger partial charge < -0.3 is 10.8 Å². The highest BCUT2D eigenvalue weighted by molar-refractivity contribution is 5.82. The van der Waals surface area contributed by atoms with E-state index in [0.717, 1.165) is 5.56 Å². The number of carbonyl (C=O) groups is 1. The molecule has 7 nitrogen and oxygen atoms in total. The van der Waals surface area contributed by atoms with Gasteiger partial charge in [0.25, 0.3) is 0 Å². The number of aromatic nitrogens is 4. The third-order valence-electron chi connectivity index (χ3n) is 3.37. The summed E-state index contributed by atoms with van der Waals surface area (Å²) < 4.78 is 0. The van der Waals surface area contributed by atoms with Crippen LogP contribution in [-0.4, -0.2) is 37.8 Å². The molecule has 7 heteroatoms. The molecule has 106 valence electrons. The zero-order chi connectivity index (χ0) is 14.8. The van der Waals surface area contributed by atoms with Gasteiger partial charge in [-0.3, -0.25) is 4.79 Å². The van der Waals surface area contributed by atoms with Crippen LogP contribution in [0, 0.1) is 6.92 Å². The van der Waals surface area contributed by atoms with E-state index in [-0.39, 0.29) is 13.0 Å². The molecule has 1 aromatic heterocycles. The zero-order valence-corrected chi connectivity index (χ0v) is 11.4. The Bertz CT molecular complexity index is 607. The molecule has 0 aliphatic heterocycles. The number of hydrogen-bond donors (Lipinski definition) is 2. The molecule has 0 bridgehead atoms. The summed E-state index contributed by atoms with van der Waals surface area (Å²) in [6.45, 7) is 1.91. The molecule has 0 fully saturated rings. The highest BCUT2D eigenvalue weighted by Gasteiger charge is 2.40. The number of carboxylic acid groups (broad SMARTS) is 1. The van der Waals surface area contributed by atoms with Gasteiger partial charge in [-0.1, -0.05) is 29.8 Å². The number of nitrogens with two attached hydrogens (primary N) is 1. The van der Waals surface area contributed by atoms with Crippen molar-refractivity contribution >= 4 is 5.97 Å². The van der Waals surface area contributed by atoms with Crippen molar-refractivity contribution in [2.45, 2.75) is 18.8 Å². The van der Waals surface area contributed by atoms with Crippen LogP contribution in [0.1, 0.15) is 17.0 Å². The first-order chi connectivity index (χ1) is 9.48. The summed E-state index contributed by atoms with van der Waals surface area (Å²) in [5.74, 6) is -0.628. The van der Waals surface area contributed by atoms with Gasteiger partial charge in [-0.15, -0.1) is 10.2 Å². The van der Waals surface area contributed by atoms with Gasteiger partial charge in [-0.25, -0.2) is 0 Å². The molecule has 2 rings (SSSR count). The van der Waals surface area contributed by atoms with Crippen LogP contribution in [0.5, 0.6) is 0 Å². The predicted octanol–water partition coefficient (Wildman–Crippen LogP) is 0.0423. The minimum atomic E-state index is -1.24. The Morgan fingerprint density at radius 2 is 2.05 bits per heavy atom. The number of nitrogens with zero attached hydrogens (tertiary/aromatic N) is 4. The van der Waals surface area contributed by atoms with Gasteiger partial charge in [-0.2, -0.15) is 4.80 Å². The number of aliphatic carboxylic acids is 1. The minimum Gasteiger partial charge on any atom is -0.481 e. The molecule has 20 heavy (non-hydrogen) atoms. The maximum Gasteiger partial charge on any atom is 0.315 e. The van der Waals surface area contributed by atoms with Gasteiger partial charge in [-0.05, 0) is 17.7 Å². The molecule has 0 amide bonds. The molecule has 2 aromatic rings. The summed E-state index contributed by atoms with van der Waals surface area (Å²) in [6.07, 6.45) is 0.107. The van der Waals surface area contributed by atoms with Gasteiger partial charge >= 0.3 is 5.97 Å². The van der Waals surface area contributed by atoms with E-state index in [1.54, 1.807) is 19.2 Å². The largest absolute Gasteiger partial charge is 0.481 e. The monoisotopic (exact) mass is 275 g/mol. The first kappa shape index (κ1) is 14.1. The third-order valence-corrected chi connectivity index (χ3v) is 3.37. The fraction of sp³-hybridized carbons (Fsp3) is 0.385. The molecule has 1 aromatic carbocycles. The fourth-order valence-electron chi connectivity index (χ4n) is 2.12. The van der Waals surface area contributed by atoms with E-state index in [0.29, 0.717) is 11.4 Å². The summed E-state index contributed by atoms with van der Waals surface area (Å²) in [5, 5.41) is 21.3. The lowest BCUT2D eigenvalue weighted by molar-refractivity contribution is -0.143. The van der Waals surface area contributed by atoms with Gasteiger partial charge in [0.1, 0.15) is 5.41 Å². The number of aryl methyl sites for hydroxylation is 2. The van der Waals surface area contributed by atoms with E-state index < -0.39 is 11.4 Å². The maximum absolute atomic E-state index is 11.8. The van der Waals surface area contributed by atoms with Crippen molar-refractivity contribution in [3.8, 4) is 0 Å². The second-order valence-electron chi connectivity index (χ2n) is 4.83. The Morgan fingerprint density at radius 1 is 1.40 bits per heavy atom. The molecule has 0 aliphatic rings. The Balaban J connectivity index is 2.44. The summed E-state index contributed by atoms with van der Waals surface area (Å²) in [5.41, 5.74) is 6.23. The lowest BCUT2D eigenvalue weighted by atomic mass is 9.77. The third kappa shape index (κ3) is 2.53. The number of carboxylic acids is 1. The van der Waals surface area contributed by atoms with Crippen molar-refractivity contribution in [2.24, 2.45) is 12.8 Å². The van der Waals surface area contributed by atoms with Crippen molar-refractivity contribution in [2.75, 3.05) is 6.54 Å². The highest BCUT2D eigenvalue weighted by Crippen LogP contribution is 2.27. The van der Waals surface area contributed by atoms with Crippen LogP contribution in [0.25, 0.3) is 0 Å². The molecular weight excluding hydrogens is 258 g/mol. The molecule has 0 saturated heterocycles. The summed E-state index contributed by atoms with van der Waals surface area (Å²) in [7, 11) is 1.63. The Kier molecular flexibility index (Phi) is 3.80. The van der Waals surface area contributed by atoms with Gasteiger partial charge in [0.15, 0.2) is 5.82 Å². The van der Waals surface area contributed by atoms with Crippen molar-refractivity contribution in [3.63, 3.8) is 0 Å². The Morgan fingerprint density at radius 3 is 2.50 bits per heavy atom. The maximum atomic E-state index is 11.8. The fourth-order valence-corrected chi connectivity index (χ4v) is 2.12. The van der Waals surface area contributed by atoms with Crippen LogP contribution >= 0.6 is 0 Å². The summed E-state index contributed by atoms with van der Waals surface area (Å²) in [6, 6.07) is 7.30. The molecule has 1 unspecified atom stereocenters. The second kappa shape index (κ2) is 5.38. The number of tetrazole rings is 1. The molecular formula is C13H17N5O2. The zero-order valence-electron chi connectivity index (χ0n) is 11.4. The van der Waals surface area contributed by atoms with Crippen molar-refractivity contribution in [1.82, 2.24) is 20.2 Å². The van der Waals surface area contributed by atoms with E-state index in [9.17, 15) is 9.90 Å². The van der Waals surface area contributed by atoms with Crippen LogP contribution < -0.4 is 5.73 Å². The Labute approximate surface area is 116 Å². The number of hydrogen-bond acceptors (Lipinski definition) is 5. The molecule has 1 atom stereocenters. The van der Waals surface area contributed by atoms with E-state index in [1.165, 1.54) is 4.80 Å². The predicted molar refractivity (Wildman–Crippen MR) is 72.0 cm³/mol. The second-order valence-corrected chi connectivity index (χ2v) is 4.83. The minimum absolute atomic E-state index is 0.0380. The summed E-state index contributed by atoms with van der Waals surface area (Å²) in [4.78, 5) is 13.1. The number of rotatable bonds is 5. The van der Waals surface area contributed by atoms with Gasteiger partial charge in [0, 0.05) is 13.0 Å². The standard InChI is InChI=1S/C13H17N5O2/c1-9-3-5-10(6-4-9)13(8-14,12(19)20)7-11-15-17-18(2)16-11/h3-6H,7-8,14H2,1-2H3,(H,19,20). The molecule has 0 aliphatic carbocycles. The molecule has 1 heterocycles. The SMILES string of the molecule is Cc1ccc(C(CN)(Cc2nnn(C)n2)C(=O)O)cc1. The smallest absolute Gasteiger partial charge is 0.315 e. The van der Waals surface area contributed by atoms with Crippen molar-refractivity contribution in [1.29, 1.82) is 0 Å². The first-order valence-corrected chi connectivity index (χ1v) is 6.21. The molecule has 0 saturated carbocycles. The number of benzene rings is 1. The first-order valence-electron chi connectivity index (χ1n) is 6.21. The summed E-state index contributed by atoms with van der Waals surface area (Å²) >= 11 is 0.